The zero-order valence-corrected chi connectivity index (χ0v) is 11.1. The van der Waals surface area contributed by atoms with E-state index in [4.69, 9.17) is 4.74 Å². The number of ether oxygens (including phenoxy) is 2. The van der Waals surface area contributed by atoms with Gasteiger partial charge in [-0.25, -0.2) is 0 Å². The molecule has 2 rings (SSSR count). The number of hydrogen-bond acceptors (Lipinski definition) is 3. The zero-order chi connectivity index (χ0) is 15.5. The molecule has 0 aliphatic rings. The van der Waals surface area contributed by atoms with Crippen molar-refractivity contribution in [2.45, 2.75) is 13.3 Å². The number of hydrogen-bond donors (Lipinski definition) is 1. The summed E-state index contributed by atoms with van der Waals surface area (Å²) in [5, 5.41) is 9.55. The van der Waals surface area contributed by atoms with E-state index in [0.29, 0.717) is 23.5 Å². The molecule has 0 aliphatic carbocycles. The molecule has 0 atom stereocenters. The first-order valence-electron chi connectivity index (χ1n) is 6.20. The summed E-state index contributed by atoms with van der Waals surface area (Å²) >= 11 is 0. The van der Waals surface area contributed by atoms with Gasteiger partial charge >= 0.3 is 6.36 Å². The third-order valence-electron chi connectivity index (χ3n) is 2.60. The number of phenols is 1. The van der Waals surface area contributed by atoms with Gasteiger partial charge in [0.15, 0.2) is 0 Å². The van der Waals surface area contributed by atoms with E-state index < -0.39 is 12.1 Å². The number of rotatable bonds is 4. The molecular formula is C15H13F3O3. The van der Waals surface area contributed by atoms with Crippen LogP contribution >= 0.6 is 0 Å². The van der Waals surface area contributed by atoms with Crippen LogP contribution in [0.4, 0.5) is 13.2 Å². The summed E-state index contributed by atoms with van der Waals surface area (Å²) in [6.07, 6.45) is -4.81. The van der Waals surface area contributed by atoms with Crippen LogP contribution in [0.15, 0.2) is 42.5 Å². The van der Waals surface area contributed by atoms with Crippen LogP contribution in [0.25, 0.3) is 11.1 Å². The van der Waals surface area contributed by atoms with Crippen molar-refractivity contribution in [3.8, 4) is 28.4 Å². The highest BCUT2D eigenvalue weighted by atomic mass is 19.4. The van der Waals surface area contributed by atoms with E-state index in [1.807, 2.05) is 6.92 Å². The Morgan fingerprint density at radius 3 is 2.38 bits per heavy atom. The molecule has 0 fully saturated rings. The smallest absolute Gasteiger partial charge is 0.508 e. The number of aromatic hydroxyl groups is 1. The van der Waals surface area contributed by atoms with Gasteiger partial charge in [0, 0.05) is 6.07 Å². The average molecular weight is 298 g/mol. The predicted octanol–water partition coefficient (Wildman–Crippen LogP) is 4.36. The van der Waals surface area contributed by atoms with Gasteiger partial charge in [0.1, 0.15) is 17.2 Å². The summed E-state index contributed by atoms with van der Waals surface area (Å²) in [6, 6.07) is 10.3. The van der Waals surface area contributed by atoms with Crippen molar-refractivity contribution in [3.05, 3.63) is 42.5 Å². The van der Waals surface area contributed by atoms with E-state index in [-0.39, 0.29) is 5.75 Å². The van der Waals surface area contributed by atoms with E-state index in [1.165, 1.54) is 12.1 Å². The molecule has 2 aromatic rings. The Morgan fingerprint density at radius 2 is 1.71 bits per heavy atom. The number of phenolic OH excluding ortho intramolecular Hbond substituents is 1. The molecule has 3 nitrogen and oxygen atoms in total. The summed E-state index contributed by atoms with van der Waals surface area (Å²) in [5.41, 5.74) is 1.01. The van der Waals surface area contributed by atoms with Crippen LogP contribution in [0.5, 0.6) is 17.2 Å². The van der Waals surface area contributed by atoms with Crippen molar-refractivity contribution >= 4 is 0 Å². The zero-order valence-electron chi connectivity index (χ0n) is 11.1. The number of benzene rings is 2. The molecule has 0 saturated heterocycles. The van der Waals surface area contributed by atoms with Gasteiger partial charge in [-0.3, -0.25) is 0 Å². The standard InChI is InChI=1S/C15H13F3O3/c1-2-20-13-5-3-4-10(7-13)11-6-12(19)9-14(8-11)21-15(16,17)18/h3-9,19H,2H2,1H3. The van der Waals surface area contributed by atoms with Gasteiger partial charge < -0.3 is 14.6 Å². The maximum absolute atomic E-state index is 12.2. The van der Waals surface area contributed by atoms with Gasteiger partial charge in [-0.2, -0.15) is 0 Å². The molecular weight excluding hydrogens is 285 g/mol. The van der Waals surface area contributed by atoms with Gasteiger partial charge in [-0.15, -0.1) is 13.2 Å². The monoisotopic (exact) mass is 298 g/mol. The molecule has 0 unspecified atom stereocenters. The second kappa shape index (κ2) is 5.95. The quantitative estimate of drug-likeness (QED) is 0.911. The molecule has 0 bridgehead atoms. The molecule has 0 aromatic heterocycles. The number of alkyl halides is 3. The lowest BCUT2D eigenvalue weighted by atomic mass is 10.0. The molecule has 0 spiro atoms. The van der Waals surface area contributed by atoms with Crippen molar-refractivity contribution in [2.24, 2.45) is 0 Å². The fourth-order valence-electron chi connectivity index (χ4n) is 1.87. The summed E-state index contributed by atoms with van der Waals surface area (Å²) in [7, 11) is 0. The van der Waals surface area contributed by atoms with Crippen LogP contribution in [0.1, 0.15) is 6.92 Å². The van der Waals surface area contributed by atoms with Crippen molar-refractivity contribution in [2.75, 3.05) is 6.61 Å². The minimum absolute atomic E-state index is 0.312. The lowest BCUT2D eigenvalue weighted by molar-refractivity contribution is -0.274. The predicted molar refractivity (Wildman–Crippen MR) is 71.4 cm³/mol. The summed E-state index contributed by atoms with van der Waals surface area (Å²) in [5.74, 6) is -0.190. The Labute approximate surface area is 119 Å². The summed E-state index contributed by atoms with van der Waals surface area (Å²) in [6.45, 7) is 2.31. The van der Waals surface area contributed by atoms with Gasteiger partial charge in [0.2, 0.25) is 0 Å². The van der Waals surface area contributed by atoms with Crippen LogP contribution < -0.4 is 9.47 Å². The Morgan fingerprint density at radius 1 is 1.00 bits per heavy atom. The SMILES string of the molecule is CCOc1cccc(-c2cc(O)cc(OC(F)(F)F)c2)c1. The molecule has 112 valence electrons. The van der Waals surface area contributed by atoms with Crippen LogP contribution in [0.3, 0.4) is 0 Å². The van der Waals surface area contributed by atoms with Crippen LogP contribution in [-0.2, 0) is 0 Å². The third kappa shape index (κ3) is 4.30. The molecule has 2 aromatic carbocycles. The van der Waals surface area contributed by atoms with Crippen molar-refractivity contribution in [1.82, 2.24) is 0 Å². The second-order valence-corrected chi connectivity index (χ2v) is 4.22. The van der Waals surface area contributed by atoms with Gasteiger partial charge in [-0.1, -0.05) is 12.1 Å². The Kier molecular flexibility index (Phi) is 4.26. The van der Waals surface area contributed by atoms with E-state index in [0.717, 1.165) is 6.07 Å². The maximum Gasteiger partial charge on any atom is 0.573 e. The lowest BCUT2D eigenvalue weighted by Crippen LogP contribution is -2.17. The fourth-order valence-corrected chi connectivity index (χ4v) is 1.87. The van der Waals surface area contributed by atoms with Gasteiger partial charge in [0.05, 0.1) is 6.61 Å². The molecule has 0 saturated carbocycles. The molecule has 0 radical (unpaired) electrons. The Hall–Kier alpha value is -2.37. The molecule has 1 N–H and O–H groups in total. The average Bonchev–Trinajstić information content (AvgIpc) is 2.36. The first kappa shape index (κ1) is 15.0. The first-order valence-corrected chi connectivity index (χ1v) is 6.20. The minimum atomic E-state index is -4.81. The number of halogens is 3. The van der Waals surface area contributed by atoms with E-state index in [1.54, 1.807) is 24.3 Å². The Bertz CT molecular complexity index is 624. The van der Waals surface area contributed by atoms with E-state index >= 15 is 0 Å². The maximum atomic E-state index is 12.2. The largest absolute Gasteiger partial charge is 0.573 e. The van der Waals surface area contributed by atoms with Crippen molar-refractivity contribution < 1.29 is 27.8 Å². The van der Waals surface area contributed by atoms with Gasteiger partial charge in [-0.05, 0) is 42.3 Å². The lowest BCUT2D eigenvalue weighted by Gasteiger charge is -2.12. The highest BCUT2D eigenvalue weighted by Crippen LogP contribution is 2.33. The van der Waals surface area contributed by atoms with Crippen LogP contribution in [-0.4, -0.2) is 18.1 Å². The molecule has 21 heavy (non-hydrogen) atoms. The topological polar surface area (TPSA) is 38.7 Å². The molecule has 0 amide bonds. The molecule has 0 aliphatic heterocycles. The first-order chi connectivity index (χ1) is 9.87. The molecule has 0 heterocycles. The summed E-state index contributed by atoms with van der Waals surface area (Å²) < 4.78 is 45.9. The minimum Gasteiger partial charge on any atom is -0.508 e. The second-order valence-electron chi connectivity index (χ2n) is 4.22. The highest BCUT2D eigenvalue weighted by molar-refractivity contribution is 5.68. The molecule has 6 heteroatoms. The summed E-state index contributed by atoms with van der Waals surface area (Å²) in [4.78, 5) is 0. The fraction of sp³-hybridized carbons (Fsp3) is 0.200. The van der Waals surface area contributed by atoms with Crippen molar-refractivity contribution in [3.63, 3.8) is 0 Å². The van der Waals surface area contributed by atoms with Crippen LogP contribution in [0.2, 0.25) is 0 Å². The van der Waals surface area contributed by atoms with Gasteiger partial charge in [0.25, 0.3) is 0 Å². The Balaban J connectivity index is 2.37. The normalized spacial score (nSPS) is 11.2. The highest BCUT2D eigenvalue weighted by Gasteiger charge is 2.31. The van der Waals surface area contributed by atoms with Crippen molar-refractivity contribution in [1.29, 1.82) is 0 Å². The van der Waals surface area contributed by atoms with E-state index in [9.17, 15) is 18.3 Å². The van der Waals surface area contributed by atoms with E-state index in [2.05, 4.69) is 4.74 Å². The third-order valence-corrected chi connectivity index (χ3v) is 2.60. The van der Waals surface area contributed by atoms with Crippen LogP contribution in [0, 0.1) is 0 Å².